The summed E-state index contributed by atoms with van der Waals surface area (Å²) in [5, 5.41) is 6.91. The van der Waals surface area contributed by atoms with Gasteiger partial charge in [-0.15, -0.1) is 0 Å². The average Bonchev–Trinajstić information content (AvgIpc) is 3.10. The molecule has 3 aromatic carbocycles. The van der Waals surface area contributed by atoms with Crippen LogP contribution in [0.5, 0.6) is 0 Å². The van der Waals surface area contributed by atoms with Crippen LogP contribution in [0.25, 0.3) is 54.7 Å². The normalized spacial score (nSPS) is 11.8. The van der Waals surface area contributed by atoms with Crippen molar-refractivity contribution < 1.29 is 4.42 Å². The molecule has 0 fully saturated rings. The highest BCUT2D eigenvalue weighted by atomic mass is 16.3. The maximum atomic E-state index is 6.07. The number of para-hydroxylation sites is 1. The fourth-order valence-corrected chi connectivity index (χ4v) is 4.10. The molecule has 6 rings (SSSR count). The van der Waals surface area contributed by atoms with E-state index in [1.165, 1.54) is 10.8 Å². The fourth-order valence-electron chi connectivity index (χ4n) is 4.10. The van der Waals surface area contributed by atoms with Gasteiger partial charge in [-0.2, -0.15) is 0 Å². The Hall–Kier alpha value is -3.72. The summed E-state index contributed by atoms with van der Waals surface area (Å²) in [7, 11) is 0. The molecular formula is C25H16N2O. The first-order valence-electron chi connectivity index (χ1n) is 9.34. The summed E-state index contributed by atoms with van der Waals surface area (Å²) < 4.78 is 6.07. The van der Waals surface area contributed by atoms with Gasteiger partial charge in [0.1, 0.15) is 11.2 Å². The molecule has 3 heterocycles. The summed E-state index contributed by atoms with van der Waals surface area (Å²) in [6.07, 6.45) is 3.83. The molecule has 0 saturated heterocycles. The third-order valence-corrected chi connectivity index (χ3v) is 5.43. The molecule has 0 aliphatic rings. The summed E-state index contributed by atoms with van der Waals surface area (Å²) >= 11 is 0. The lowest BCUT2D eigenvalue weighted by molar-refractivity contribution is 0.669. The van der Waals surface area contributed by atoms with Crippen molar-refractivity contribution in [1.82, 2.24) is 9.97 Å². The molecule has 0 N–H and O–H groups in total. The molecule has 6 aromatic rings. The Labute approximate surface area is 161 Å². The fraction of sp³-hybridized carbons (Fsp3) is 0.0400. The smallest absolute Gasteiger partial charge is 0.136 e. The number of benzene rings is 3. The first kappa shape index (κ1) is 15.3. The third-order valence-electron chi connectivity index (χ3n) is 5.43. The molecule has 0 saturated carbocycles. The van der Waals surface area contributed by atoms with Gasteiger partial charge < -0.3 is 4.42 Å². The first-order valence-corrected chi connectivity index (χ1v) is 9.34. The number of fused-ring (bicyclic) bond motifs is 6. The van der Waals surface area contributed by atoms with Gasteiger partial charge in [-0.25, -0.2) is 0 Å². The maximum absolute atomic E-state index is 6.07. The Morgan fingerprint density at radius 3 is 2.50 bits per heavy atom. The number of pyridine rings is 2. The number of nitrogens with zero attached hydrogens (tertiary/aromatic N) is 2. The van der Waals surface area contributed by atoms with Crippen molar-refractivity contribution in [1.29, 1.82) is 0 Å². The van der Waals surface area contributed by atoms with Crippen LogP contribution in [0.4, 0.5) is 0 Å². The van der Waals surface area contributed by atoms with Crippen molar-refractivity contribution in [2.24, 2.45) is 0 Å². The number of hydrogen-bond acceptors (Lipinski definition) is 3. The minimum absolute atomic E-state index is 0.885. The van der Waals surface area contributed by atoms with Gasteiger partial charge >= 0.3 is 0 Å². The SMILES string of the molecule is Cc1cc2ccc3c(-c4ccc5c(c4)oc4ccccc45)nccc3c2cn1. The minimum atomic E-state index is 0.885. The van der Waals surface area contributed by atoms with E-state index in [-0.39, 0.29) is 0 Å². The quantitative estimate of drug-likeness (QED) is 0.308. The molecule has 28 heavy (non-hydrogen) atoms. The van der Waals surface area contributed by atoms with Gasteiger partial charge in [-0.3, -0.25) is 9.97 Å². The van der Waals surface area contributed by atoms with Crippen LogP contribution < -0.4 is 0 Å². The van der Waals surface area contributed by atoms with Gasteiger partial charge in [0.05, 0.1) is 5.69 Å². The van der Waals surface area contributed by atoms with E-state index in [2.05, 4.69) is 53.5 Å². The van der Waals surface area contributed by atoms with Crippen molar-refractivity contribution in [2.75, 3.05) is 0 Å². The van der Waals surface area contributed by atoms with E-state index < -0.39 is 0 Å². The van der Waals surface area contributed by atoms with Crippen molar-refractivity contribution in [3.63, 3.8) is 0 Å². The predicted molar refractivity (Wildman–Crippen MR) is 114 cm³/mol. The Morgan fingerprint density at radius 1 is 0.679 bits per heavy atom. The molecule has 0 atom stereocenters. The van der Waals surface area contributed by atoms with Crippen molar-refractivity contribution in [3.8, 4) is 11.3 Å². The van der Waals surface area contributed by atoms with Crippen molar-refractivity contribution in [2.45, 2.75) is 6.92 Å². The lowest BCUT2D eigenvalue weighted by Gasteiger charge is -2.09. The molecule has 3 heteroatoms. The van der Waals surface area contributed by atoms with Crippen molar-refractivity contribution in [3.05, 3.63) is 84.8 Å². The number of aryl methyl sites for hydroxylation is 1. The predicted octanol–water partition coefficient (Wildman–Crippen LogP) is 6.66. The standard InChI is InChI=1S/C25H16N2O/c1-15-12-16-6-9-21-18(22(16)14-27-15)10-11-26-25(21)17-7-8-20-19-4-2-3-5-23(19)28-24(20)13-17/h2-14H,1H3. The molecule has 3 aromatic heterocycles. The zero-order valence-electron chi connectivity index (χ0n) is 15.3. The van der Waals surface area contributed by atoms with Gasteiger partial charge in [-0.1, -0.05) is 36.4 Å². The van der Waals surface area contributed by atoms with E-state index in [4.69, 9.17) is 9.40 Å². The van der Waals surface area contributed by atoms with Crippen LogP contribution in [-0.4, -0.2) is 9.97 Å². The molecule has 132 valence electrons. The van der Waals surface area contributed by atoms with Gasteiger partial charge in [0.2, 0.25) is 0 Å². The van der Waals surface area contributed by atoms with Crippen LogP contribution in [0.3, 0.4) is 0 Å². The van der Waals surface area contributed by atoms with Crippen molar-refractivity contribution >= 4 is 43.5 Å². The molecule has 0 bridgehead atoms. The first-order chi connectivity index (χ1) is 13.8. The summed E-state index contributed by atoms with van der Waals surface area (Å²) in [5.74, 6) is 0. The van der Waals surface area contributed by atoms with E-state index >= 15 is 0 Å². The second-order valence-electron chi connectivity index (χ2n) is 7.18. The van der Waals surface area contributed by atoms with E-state index in [9.17, 15) is 0 Å². The van der Waals surface area contributed by atoms with Crippen LogP contribution in [-0.2, 0) is 0 Å². The molecule has 3 nitrogen and oxygen atoms in total. The second kappa shape index (κ2) is 5.64. The van der Waals surface area contributed by atoms with Gasteiger partial charge in [0, 0.05) is 45.2 Å². The summed E-state index contributed by atoms with van der Waals surface area (Å²) in [4.78, 5) is 9.19. The molecular weight excluding hydrogens is 344 g/mol. The number of aromatic nitrogens is 2. The Bertz CT molecular complexity index is 1530. The van der Waals surface area contributed by atoms with E-state index in [1.807, 2.05) is 37.5 Å². The lowest BCUT2D eigenvalue weighted by atomic mass is 9.99. The van der Waals surface area contributed by atoms with Gasteiger partial charge in [-0.05, 0) is 48.0 Å². The van der Waals surface area contributed by atoms with Crippen LogP contribution in [0.1, 0.15) is 5.69 Å². The Balaban J connectivity index is 1.63. The number of furan rings is 1. The topological polar surface area (TPSA) is 38.9 Å². The summed E-state index contributed by atoms with van der Waals surface area (Å²) in [6.45, 7) is 2.02. The second-order valence-corrected chi connectivity index (χ2v) is 7.18. The van der Waals surface area contributed by atoms with E-state index in [0.717, 1.165) is 49.7 Å². The molecule has 0 radical (unpaired) electrons. The minimum Gasteiger partial charge on any atom is -0.456 e. The van der Waals surface area contributed by atoms with E-state index in [1.54, 1.807) is 0 Å². The Kier molecular flexibility index (Phi) is 3.09. The zero-order valence-corrected chi connectivity index (χ0v) is 15.3. The van der Waals surface area contributed by atoms with Crippen LogP contribution >= 0.6 is 0 Å². The molecule has 0 amide bonds. The third kappa shape index (κ3) is 2.16. The van der Waals surface area contributed by atoms with Crippen LogP contribution in [0.15, 0.2) is 83.5 Å². The highest BCUT2D eigenvalue weighted by Crippen LogP contribution is 2.35. The van der Waals surface area contributed by atoms with Crippen LogP contribution in [0.2, 0.25) is 0 Å². The Morgan fingerprint density at radius 2 is 1.54 bits per heavy atom. The highest BCUT2D eigenvalue weighted by Gasteiger charge is 2.12. The van der Waals surface area contributed by atoms with E-state index in [0.29, 0.717) is 0 Å². The van der Waals surface area contributed by atoms with Gasteiger partial charge in [0.25, 0.3) is 0 Å². The lowest BCUT2D eigenvalue weighted by Crippen LogP contribution is -1.88. The average molecular weight is 360 g/mol. The van der Waals surface area contributed by atoms with Gasteiger partial charge in [0.15, 0.2) is 0 Å². The molecule has 0 aliphatic carbocycles. The van der Waals surface area contributed by atoms with Crippen LogP contribution in [0, 0.1) is 6.92 Å². The monoisotopic (exact) mass is 360 g/mol. The number of hydrogen-bond donors (Lipinski definition) is 0. The number of rotatable bonds is 1. The molecule has 0 unspecified atom stereocenters. The molecule has 0 aliphatic heterocycles. The highest BCUT2D eigenvalue weighted by molar-refractivity contribution is 6.12. The maximum Gasteiger partial charge on any atom is 0.136 e. The largest absolute Gasteiger partial charge is 0.456 e. The molecule has 0 spiro atoms. The summed E-state index contributed by atoms with van der Waals surface area (Å²) in [6, 6.07) is 23.0. The summed E-state index contributed by atoms with van der Waals surface area (Å²) in [5.41, 5.74) is 4.83. The zero-order chi connectivity index (χ0) is 18.7.